The van der Waals surface area contributed by atoms with E-state index < -0.39 is 6.10 Å². The molecule has 1 aromatic rings. The van der Waals surface area contributed by atoms with Crippen LogP contribution >= 0.6 is 15.9 Å². The minimum Gasteiger partial charge on any atom is -0.391 e. The number of hydrogen-bond acceptors (Lipinski definition) is 3. The van der Waals surface area contributed by atoms with Crippen molar-refractivity contribution in [3.8, 4) is 0 Å². The molecule has 88 valence electrons. The molecule has 1 aliphatic heterocycles. The fraction of sp³-hybridized carbons (Fsp3) is 0.500. The van der Waals surface area contributed by atoms with E-state index in [4.69, 9.17) is 0 Å². The highest BCUT2D eigenvalue weighted by Crippen LogP contribution is 2.31. The molecule has 1 saturated heterocycles. The normalized spacial score (nSPS) is 22.5. The molecule has 3 nitrogen and oxygen atoms in total. The maximum Gasteiger partial charge on any atom is 0.0762 e. The van der Waals surface area contributed by atoms with Gasteiger partial charge in [-0.05, 0) is 47.0 Å². The Hall–Kier alpha value is -0.580. The van der Waals surface area contributed by atoms with Crippen LogP contribution in [0.3, 0.4) is 0 Å². The zero-order valence-corrected chi connectivity index (χ0v) is 10.8. The van der Waals surface area contributed by atoms with Crippen molar-refractivity contribution in [3.05, 3.63) is 28.2 Å². The predicted molar refractivity (Wildman–Crippen MR) is 67.6 cm³/mol. The summed E-state index contributed by atoms with van der Waals surface area (Å²) < 4.78 is 0.972. The molecule has 0 aliphatic carbocycles. The topological polar surface area (TPSA) is 43.7 Å². The van der Waals surface area contributed by atoms with Gasteiger partial charge in [0.25, 0.3) is 0 Å². The van der Waals surface area contributed by atoms with Gasteiger partial charge in [0, 0.05) is 17.6 Å². The highest BCUT2D eigenvalue weighted by Gasteiger charge is 2.22. The van der Waals surface area contributed by atoms with Crippen LogP contribution in [-0.2, 0) is 0 Å². The van der Waals surface area contributed by atoms with Crippen LogP contribution in [0.5, 0.6) is 0 Å². The molecule has 0 bridgehead atoms. The molecule has 1 aliphatic rings. The fourth-order valence-corrected chi connectivity index (χ4v) is 2.65. The van der Waals surface area contributed by atoms with Crippen LogP contribution in [-0.4, -0.2) is 29.4 Å². The number of aliphatic hydroxyl groups is 2. The molecule has 0 amide bonds. The first kappa shape index (κ1) is 11.9. The summed E-state index contributed by atoms with van der Waals surface area (Å²) in [4.78, 5) is 2.15. The summed E-state index contributed by atoms with van der Waals surface area (Å²) in [6.45, 7) is 3.32. The Kier molecular flexibility index (Phi) is 3.52. The van der Waals surface area contributed by atoms with Gasteiger partial charge in [0.1, 0.15) is 0 Å². The molecule has 16 heavy (non-hydrogen) atoms. The quantitative estimate of drug-likeness (QED) is 0.874. The molecule has 4 heteroatoms. The van der Waals surface area contributed by atoms with Crippen molar-refractivity contribution >= 4 is 21.6 Å². The molecular weight excluding hydrogens is 270 g/mol. The van der Waals surface area contributed by atoms with Gasteiger partial charge >= 0.3 is 0 Å². The Morgan fingerprint density at radius 3 is 2.75 bits per heavy atom. The number of β-amino-alcohol motifs (C(OH)–C–C–N with tert-alkyl or cyclic N) is 1. The number of anilines is 1. The summed E-state index contributed by atoms with van der Waals surface area (Å²) in [6.07, 6.45) is 0.155. The molecule has 0 spiro atoms. The summed E-state index contributed by atoms with van der Waals surface area (Å²) in [5, 5.41) is 19.0. The minimum absolute atomic E-state index is 0.219. The first-order valence-electron chi connectivity index (χ1n) is 5.48. The van der Waals surface area contributed by atoms with Crippen LogP contribution in [0, 0.1) is 0 Å². The van der Waals surface area contributed by atoms with Crippen molar-refractivity contribution in [2.75, 3.05) is 18.0 Å². The summed E-state index contributed by atoms with van der Waals surface area (Å²) in [5.41, 5.74) is 1.98. The highest BCUT2D eigenvalue weighted by atomic mass is 79.9. The standard InChI is InChI=1S/C12H16BrNO2/c1-8(15)9-2-3-12(11(13)6-9)14-5-4-10(16)7-14/h2-3,6,8,10,15-16H,4-5,7H2,1H3/t8-,10?/m1/s1. The van der Waals surface area contributed by atoms with Gasteiger partial charge in [-0.2, -0.15) is 0 Å². The van der Waals surface area contributed by atoms with Crippen LogP contribution in [0.1, 0.15) is 25.0 Å². The molecular formula is C12H16BrNO2. The SMILES string of the molecule is C[C@@H](O)c1ccc(N2CCC(O)C2)c(Br)c1. The Labute approximate surface area is 104 Å². The van der Waals surface area contributed by atoms with Gasteiger partial charge in [0.2, 0.25) is 0 Å². The largest absolute Gasteiger partial charge is 0.391 e. The maximum absolute atomic E-state index is 9.50. The fourth-order valence-electron chi connectivity index (χ4n) is 2.00. The van der Waals surface area contributed by atoms with Crippen LogP contribution in [0.4, 0.5) is 5.69 Å². The van der Waals surface area contributed by atoms with Crippen molar-refractivity contribution in [3.63, 3.8) is 0 Å². The van der Waals surface area contributed by atoms with E-state index in [9.17, 15) is 10.2 Å². The molecule has 1 heterocycles. The van der Waals surface area contributed by atoms with Gasteiger partial charge in [0.15, 0.2) is 0 Å². The second kappa shape index (κ2) is 4.73. The third kappa shape index (κ3) is 2.39. The van der Waals surface area contributed by atoms with E-state index >= 15 is 0 Å². The Morgan fingerprint density at radius 2 is 2.25 bits per heavy atom. The molecule has 0 radical (unpaired) electrons. The third-order valence-electron chi connectivity index (χ3n) is 2.96. The molecule has 2 N–H and O–H groups in total. The monoisotopic (exact) mass is 285 g/mol. The van der Waals surface area contributed by atoms with E-state index in [1.54, 1.807) is 6.92 Å². The molecule has 2 rings (SSSR count). The molecule has 1 aromatic carbocycles. The second-order valence-electron chi connectivity index (χ2n) is 4.28. The average Bonchev–Trinajstić information content (AvgIpc) is 2.64. The summed E-state index contributed by atoms with van der Waals surface area (Å²) in [7, 11) is 0. The Balaban J connectivity index is 2.22. The highest BCUT2D eigenvalue weighted by molar-refractivity contribution is 9.10. The lowest BCUT2D eigenvalue weighted by Gasteiger charge is -2.20. The lowest BCUT2D eigenvalue weighted by molar-refractivity contribution is 0.198. The zero-order valence-electron chi connectivity index (χ0n) is 9.23. The zero-order chi connectivity index (χ0) is 11.7. The summed E-state index contributed by atoms with van der Waals surface area (Å²) in [6, 6.07) is 5.85. The van der Waals surface area contributed by atoms with Gasteiger partial charge in [-0.3, -0.25) is 0 Å². The summed E-state index contributed by atoms with van der Waals surface area (Å²) in [5.74, 6) is 0. The van der Waals surface area contributed by atoms with E-state index in [2.05, 4.69) is 20.8 Å². The molecule has 1 fully saturated rings. The Bertz CT molecular complexity index is 381. The number of rotatable bonds is 2. The van der Waals surface area contributed by atoms with E-state index in [1.807, 2.05) is 18.2 Å². The number of nitrogens with zero attached hydrogens (tertiary/aromatic N) is 1. The Morgan fingerprint density at radius 1 is 1.50 bits per heavy atom. The lowest BCUT2D eigenvalue weighted by atomic mass is 10.1. The van der Waals surface area contributed by atoms with E-state index in [0.717, 1.165) is 28.7 Å². The minimum atomic E-state index is -0.450. The average molecular weight is 286 g/mol. The lowest BCUT2D eigenvalue weighted by Crippen LogP contribution is -2.21. The van der Waals surface area contributed by atoms with Crippen molar-refractivity contribution in [2.24, 2.45) is 0 Å². The van der Waals surface area contributed by atoms with Gasteiger partial charge < -0.3 is 15.1 Å². The third-order valence-corrected chi connectivity index (χ3v) is 3.59. The van der Waals surface area contributed by atoms with Crippen molar-refractivity contribution in [2.45, 2.75) is 25.6 Å². The second-order valence-corrected chi connectivity index (χ2v) is 5.13. The van der Waals surface area contributed by atoms with E-state index in [-0.39, 0.29) is 6.10 Å². The van der Waals surface area contributed by atoms with Crippen molar-refractivity contribution in [1.82, 2.24) is 0 Å². The number of aliphatic hydroxyl groups excluding tert-OH is 2. The number of hydrogen-bond donors (Lipinski definition) is 2. The van der Waals surface area contributed by atoms with Gasteiger partial charge in [-0.1, -0.05) is 6.07 Å². The van der Waals surface area contributed by atoms with Gasteiger partial charge in [0.05, 0.1) is 17.9 Å². The first-order valence-corrected chi connectivity index (χ1v) is 6.27. The molecule has 2 atom stereocenters. The molecule has 1 unspecified atom stereocenters. The molecule has 0 saturated carbocycles. The van der Waals surface area contributed by atoms with Crippen LogP contribution in [0.2, 0.25) is 0 Å². The molecule has 0 aromatic heterocycles. The summed E-state index contributed by atoms with van der Waals surface area (Å²) >= 11 is 3.51. The van der Waals surface area contributed by atoms with Crippen LogP contribution < -0.4 is 4.90 Å². The predicted octanol–water partition coefficient (Wildman–Crippen LogP) is 2.07. The van der Waals surface area contributed by atoms with E-state index in [1.165, 1.54) is 0 Å². The van der Waals surface area contributed by atoms with Gasteiger partial charge in [-0.25, -0.2) is 0 Å². The van der Waals surface area contributed by atoms with Gasteiger partial charge in [-0.15, -0.1) is 0 Å². The van der Waals surface area contributed by atoms with Crippen molar-refractivity contribution < 1.29 is 10.2 Å². The number of benzene rings is 1. The van der Waals surface area contributed by atoms with Crippen LogP contribution in [0.25, 0.3) is 0 Å². The van der Waals surface area contributed by atoms with Crippen LogP contribution in [0.15, 0.2) is 22.7 Å². The van der Waals surface area contributed by atoms with E-state index in [0.29, 0.717) is 6.54 Å². The maximum atomic E-state index is 9.50. The number of halogens is 1. The van der Waals surface area contributed by atoms with Crippen molar-refractivity contribution in [1.29, 1.82) is 0 Å². The first-order chi connectivity index (χ1) is 7.58. The smallest absolute Gasteiger partial charge is 0.0762 e.